The van der Waals surface area contributed by atoms with Crippen LogP contribution in [0.5, 0.6) is 0 Å². The van der Waals surface area contributed by atoms with Gasteiger partial charge in [-0.15, -0.1) is 0 Å². The van der Waals surface area contributed by atoms with Gasteiger partial charge in [-0.25, -0.2) is 0 Å². The molecule has 19 heavy (non-hydrogen) atoms. The third kappa shape index (κ3) is 2.09. The third-order valence-electron chi connectivity index (χ3n) is 4.66. The molecule has 1 aliphatic heterocycles. The summed E-state index contributed by atoms with van der Waals surface area (Å²) >= 11 is 0. The average molecular weight is 260 g/mol. The van der Waals surface area contributed by atoms with Crippen molar-refractivity contribution in [3.63, 3.8) is 0 Å². The van der Waals surface area contributed by atoms with E-state index in [0.29, 0.717) is 12.8 Å². The molecule has 0 spiro atoms. The summed E-state index contributed by atoms with van der Waals surface area (Å²) < 4.78 is 0. The van der Waals surface area contributed by atoms with Crippen molar-refractivity contribution in [2.75, 3.05) is 18.0 Å². The summed E-state index contributed by atoms with van der Waals surface area (Å²) in [6.45, 7) is 2.22. The van der Waals surface area contributed by atoms with Crippen molar-refractivity contribution in [3.8, 4) is 0 Å². The van der Waals surface area contributed by atoms with Gasteiger partial charge in [0.1, 0.15) is 0 Å². The number of hydrogen-bond donors (Lipinski definition) is 0. The van der Waals surface area contributed by atoms with Gasteiger partial charge in [0, 0.05) is 42.1 Å². The van der Waals surface area contributed by atoms with Crippen LogP contribution in [0, 0.1) is 10.1 Å². The normalized spacial score (nSPS) is 21.8. The van der Waals surface area contributed by atoms with Crippen LogP contribution < -0.4 is 4.90 Å². The largest absolute Gasteiger partial charge is 0.372 e. The molecule has 0 amide bonds. The molecule has 0 N–H and O–H groups in total. The number of hydrogen-bond acceptors (Lipinski definition) is 3. The molecule has 0 radical (unpaired) electrons. The van der Waals surface area contributed by atoms with Crippen LogP contribution in [0.1, 0.15) is 44.1 Å². The first-order chi connectivity index (χ1) is 9.22. The zero-order valence-corrected chi connectivity index (χ0v) is 11.2. The lowest BCUT2D eigenvalue weighted by Gasteiger charge is -2.34. The molecule has 0 aromatic heterocycles. The lowest BCUT2D eigenvalue weighted by molar-refractivity contribution is -0.596. The van der Waals surface area contributed by atoms with Gasteiger partial charge < -0.3 is 4.90 Å². The van der Waals surface area contributed by atoms with Gasteiger partial charge in [-0.1, -0.05) is 0 Å². The van der Waals surface area contributed by atoms with Crippen LogP contribution in [0.4, 0.5) is 5.69 Å². The molecule has 1 aliphatic carbocycles. The third-order valence-corrected chi connectivity index (χ3v) is 4.66. The molecule has 1 aromatic rings. The van der Waals surface area contributed by atoms with Crippen LogP contribution >= 0.6 is 0 Å². The van der Waals surface area contributed by atoms with Crippen molar-refractivity contribution in [2.24, 2.45) is 0 Å². The highest BCUT2D eigenvalue weighted by atomic mass is 16.6. The van der Waals surface area contributed by atoms with Crippen LogP contribution in [0.3, 0.4) is 0 Å². The minimum atomic E-state index is -0.791. The van der Waals surface area contributed by atoms with Gasteiger partial charge >= 0.3 is 0 Å². The van der Waals surface area contributed by atoms with E-state index in [2.05, 4.69) is 17.0 Å². The first-order valence-corrected chi connectivity index (χ1v) is 7.22. The minimum absolute atomic E-state index is 0.0909. The molecular formula is C15H20N2O2. The fraction of sp³-hybridized carbons (Fsp3) is 0.600. The maximum Gasteiger partial charge on any atom is 0.247 e. The Hall–Kier alpha value is -1.58. The second-order valence-electron chi connectivity index (χ2n) is 5.74. The highest BCUT2D eigenvalue weighted by molar-refractivity contribution is 5.49. The van der Waals surface area contributed by atoms with Gasteiger partial charge in [-0.3, -0.25) is 10.1 Å². The maximum absolute atomic E-state index is 11.3. The maximum atomic E-state index is 11.3. The van der Waals surface area contributed by atoms with Crippen LogP contribution in [-0.2, 0) is 5.54 Å². The van der Waals surface area contributed by atoms with Gasteiger partial charge in [-0.05, 0) is 49.9 Å². The highest BCUT2D eigenvalue weighted by Gasteiger charge is 2.50. The lowest BCUT2D eigenvalue weighted by atomic mass is 9.72. The molecule has 1 aromatic carbocycles. The first-order valence-electron chi connectivity index (χ1n) is 7.22. The van der Waals surface area contributed by atoms with Crippen molar-refractivity contribution in [2.45, 2.75) is 44.1 Å². The number of nitro groups is 1. The summed E-state index contributed by atoms with van der Waals surface area (Å²) in [6.07, 6.45) is 6.15. The summed E-state index contributed by atoms with van der Waals surface area (Å²) in [7, 11) is 0. The fourth-order valence-corrected chi connectivity index (χ4v) is 3.22. The quantitative estimate of drug-likeness (QED) is 0.618. The van der Waals surface area contributed by atoms with Gasteiger partial charge in [0.05, 0.1) is 0 Å². The molecule has 102 valence electrons. The van der Waals surface area contributed by atoms with E-state index in [1.807, 2.05) is 12.1 Å². The topological polar surface area (TPSA) is 46.4 Å². The zero-order chi connectivity index (χ0) is 13.3. The Morgan fingerprint density at radius 1 is 1.00 bits per heavy atom. The van der Waals surface area contributed by atoms with Crippen molar-refractivity contribution in [1.29, 1.82) is 0 Å². The van der Waals surface area contributed by atoms with Gasteiger partial charge in [0.25, 0.3) is 0 Å². The molecular weight excluding hydrogens is 240 g/mol. The van der Waals surface area contributed by atoms with E-state index in [9.17, 15) is 10.1 Å². The monoisotopic (exact) mass is 260 g/mol. The van der Waals surface area contributed by atoms with E-state index < -0.39 is 5.54 Å². The molecule has 4 heteroatoms. The van der Waals surface area contributed by atoms with E-state index in [1.165, 1.54) is 24.9 Å². The van der Waals surface area contributed by atoms with Crippen LogP contribution in [0.25, 0.3) is 0 Å². The molecule has 1 saturated heterocycles. The Morgan fingerprint density at radius 3 is 2.11 bits per heavy atom. The van der Waals surface area contributed by atoms with Crippen LogP contribution in [-0.4, -0.2) is 18.0 Å². The molecule has 1 saturated carbocycles. The van der Waals surface area contributed by atoms with Gasteiger partial charge in [-0.2, -0.15) is 0 Å². The summed E-state index contributed by atoms with van der Waals surface area (Å²) in [4.78, 5) is 13.6. The van der Waals surface area contributed by atoms with Crippen molar-refractivity contribution >= 4 is 5.69 Å². The second kappa shape index (κ2) is 4.83. The number of anilines is 1. The van der Waals surface area contributed by atoms with E-state index >= 15 is 0 Å². The number of nitrogens with zero attached hydrogens (tertiary/aromatic N) is 2. The Bertz CT molecular complexity index is 460. The van der Waals surface area contributed by atoms with Gasteiger partial charge in [0.15, 0.2) is 0 Å². The summed E-state index contributed by atoms with van der Waals surface area (Å²) in [5.41, 5.74) is 1.30. The molecule has 0 bridgehead atoms. The van der Waals surface area contributed by atoms with Crippen molar-refractivity contribution in [3.05, 3.63) is 39.9 Å². The Labute approximate surface area is 113 Å². The molecule has 1 heterocycles. The van der Waals surface area contributed by atoms with Crippen molar-refractivity contribution < 1.29 is 4.92 Å². The SMILES string of the molecule is O=[N+]([O-])C1(c2ccc(N3CCCCC3)cc2)CCC1. The molecule has 3 rings (SSSR count). The molecule has 0 atom stereocenters. The second-order valence-corrected chi connectivity index (χ2v) is 5.74. The zero-order valence-electron chi connectivity index (χ0n) is 11.2. The first kappa shape index (κ1) is 12.5. The summed E-state index contributed by atoms with van der Waals surface area (Å²) in [6, 6.07) is 8.05. The predicted octanol–water partition coefficient (Wildman–Crippen LogP) is 3.33. The highest BCUT2D eigenvalue weighted by Crippen LogP contribution is 2.44. The standard InChI is InChI=1S/C15H20N2O2/c18-17(19)15(9-4-10-15)13-5-7-14(8-6-13)16-11-2-1-3-12-16/h5-8H,1-4,9-12H2. The van der Waals surface area contributed by atoms with Crippen LogP contribution in [0.15, 0.2) is 24.3 Å². The smallest absolute Gasteiger partial charge is 0.247 e. The Kier molecular flexibility index (Phi) is 3.17. The van der Waals surface area contributed by atoms with Crippen LogP contribution in [0.2, 0.25) is 0 Å². The summed E-state index contributed by atoms with van der Waals surface area (Å²) in [5.74, 6) is 0. The van der Waals surface area contributed by atoms with E-state index in [4.69, 9.17) is 0 Å². The lowest BCUT2D eigenvalue weighted by Crippen LogP contribution is -2.42. The number of rotatable bonds is 3. The van der Waals surface area contributed by atoms with E-state index in [0.717, 1.165) is 25.1 Å². The Balaban J connectivity index is 1.80. The molecule has 0 unspecified atom stereocenters. The fourth-order valence-electron chi connectivity index (χ4n) is 3.22. The van der Waals surface area contributed by atoms with E-state index in [1.54, 1.807) is 0 Å². The molecule has 2 fully saturated rings. The Morgan fingerprint density at radius 2 is 1.63 bits per heavy atom. The van der Waals surface area contributed by atoms with Crippen molar-refractivity contribution in [1.82, 2.24) is 0 Å². The summed E-state index contributed by atoms with van der Waals surface area (Å²) in [5, 5.41) is 11.3. The number of benzene rings is 1. The number of piperidine rings is 1. The minimum Gasteiger partial charge on any atom is -0.372 e. The predicted molar refractivity (Wildman–Crippen MR) is 75.0 cm³/mol. The van der Waals surface area contributed by atoms with Gasteiger partial charge in [0.2, 0.25) is 5.54 Å². The molecule has 4 nitrogen and oxygen atoms in total. The molecule has 2 aliphatic rings. The average Bonchev–Trinajstić information content (AvgIpc) is 2.39. The van der Waals surface area contributed by atoms with E-state index in [-0.39, 0.29) is 4.92 Å².